The minimum absolute atomic E-state index is 0.113. The molecule has 9 heteroatoms. The highest BCUT2D eigenvalue weighted by molar-refractivity contribution is 7.98. The van der Waals surface area contributed by atoms with Gasteiger partial charge in [-0.25, -0.2) is 4.98 Å². The van der Waals surface area contributed by atoms with Crippen LogP contribution in [-0.2, 0) is 17.7 Å². The number of nitrogens with one attached hydrogen (secondary N) is 2. The Kier molecular flexibility index (Phi) is 3.82. The Hall–Kier alpha value is -1.67. The summed E-state index contributed by atoms with van der Waals surface area (Å²) >= 11 is 7.13. The molecule has 1 aliphatic heterocycles. The Morgan fingerprint density at radius 2 is 2.09 bits per heavy atom. The lowest BCUT2D eigenvalue weighted by atomic mass is 10.2. The number of nitrogens with zero attached hydrogens (tertiary/aromatic N) is 1. The standard InChI is InChI=1S/C13H9ClF3N3OS/c14-9-2-1-6(3-8(9)13(15,16)17)18-12-19-10-5-22-4-7(10)11(21)20-12/h1-3H,4-5H2,(H2,18,19,20,21). The SMILES string of the molecule is O=c1[nH]c(Nc2ccc(Cl)c(C(F)(F)F)c2)nc2c1CSC2. The maximum Gasteiger partial charge on any atom is 0.417 e. The summed E-state index contributed by atoms with van der Waals surface area (Å²) in [7, 11) is 0. The molecule has 0 aliphatic carbocycles. The summed E-state index contributed by atoms with van der Waals surface area (Å²) in [5.41, 5.74) is 0.190. The highest BCUT2D eigenvalue weighted by Gasteiger charge is 2.33. The van der Waals surface area contributed by atoms with Crippen LogP contribution in [0.3, 0.4) is 0 Å². The van der Waals surface area contributed by atoms with Crippen LogP contribution in [0, 0.1) is 0 Å². The van der Waals surface area contributed by atoms with Gasteiger partial charge in [0.2, 0.25) is 5.95 Å². The number of aromatic nitrogens is 2. The number of hydrogen-bond donors (Lipinski definition) is 2. The Labute approximate surface area is 132 Å². The summed E-state index contributed by atoms with van der Waals surface area (Å²) in [4.78, 5) is 18.6. The molecule has 0 amide bonds. The van der Waals surface area contributed by atoms with Crippen LogP contribution < -0.4 is 10.9 Å². The van der Waals surface area contributed by atoms with Crippen molar-refractivity contribution in [3.05, 3.63) is 50.4 Å². The van der Waals surface area contributed by atoms with E-state index in [-0.39, 0.29) is 22.2 Å². The van der Waals surface area contributed by atoms with Gasteiger partial charge in [-0.1, -0.05) is 11.6 Å². The second kappa shape index (κ2) is 5.51. The Bertz CT molecular complexity index is 791. The maximum atomic E-state index is 12.8. The number of hydrogen-bond acceptors (Lipinski definition) is 4. The van der Waals surface area contributed by atoms with Crippen molar-refractivity contribution >= 4 is 35.0 Å². The van der Waals surface area contributed by atoms with E-state index in [2.05, 4.69) is 15.3 Å². The molecule has 4 nitrogen and oxygen atoms in total. The van der Waals surface area contributed by atoms with E-state index in [4.69, 9.17) is 11.6 Å². The summed E-state index contributed by atoms with van der Waals surface area (Å²) in [6.45, 7) is 0. The fraction of sp³-hybridized carbons (Fsp3) is 0.231. The molecule has 0 unspecified atom stereocenters. The van der Waals surface area contributed by atoms with Crippen molar-refractivity contribution < 1.29 is 13.2 Å². The maximum absolute atomic E-state index is 12.8. The van der Waals surface area contributed by atoms with Gasteiger partial charge in [-0.3, -0.25) is 9.78 Å². The molecular formula is C13H9ClF3N3OS. The van der Waals surface area contributed by atoms with Gasteiger partial charge in [-0.15, -0.1) is 0 Å². The van der Waals surface area contributed by atoms with Crippen molar-refractivity contribution in [1.82, 2.24) is 9.97 Å². The number of fused-ring (bicyclic) bond motifs is 1. The van der Waals surface area contributed by atoms with Crippen LogP contribution in [0.5, 0.6) is 0 Å². The number of alkyl halides is 3. The van der Waals surface area contributed by atoms with Gasteiger partial charge in [0.25, 0.3) is 5.56 Å². The number of halogens is 4. The summed E-state index contributed by atoms with van der Waals surface area (Å²) in [6, 6.07) is 3.41. The zero-order valence-electron chi connectivity index (χ0n) is 10.9. The zero-order chi connectivity index (χ0) is 15.9. The van der Waals surface area contributed by atoms with E-state index in [9.17, 15) is 18.0 Å². The van der Waals surface area contributed by atoms with E-state index in [1.54, 1.807) is 11.8 Å². The van der Waals surface area contributed by atoms with Crippen molar-refractivity contribution in [2.45, 2.75) is 17.7 Å². The molecule has 2 heterocycles. The van der Waals surface area contributed by atoms with Gasteiger partial charge >= 0.3 is 6.18 Å². The van der Waals surface area contributed by atoms with Crippen molar-refractivity contribution in [1.29, 1.82) is 0 Å². The lowest BCUT2D eigenvalue weighted by Crippen LogP contribution is -2.16. The Balaban J connectivity index is 1.94. The molecule has 116 valence electrons. The number of anilines is 2. The number of rotatable bonds is 2. The summed E-state index contributed by atoms with van der Waals surface area (Å²) in [5, 5.41) is 2.30. The predicted octanol–water partition coefficient (Wildman–Crippen LogP) is 3.93. The molecule has 1 aromatic heterocycles. The predicted molar refractivity (Wildman–Crippen MR) is 79.6 cm³/mol. The lowest BCUT2D eigenvalue weighted by Gasteiger charge is -2.12. The average Bonchev–Trinajstić information content (AvgIpc) is 2.88. The second-order valence-electron chi connectivity index (χ2n) is 4.65. The van der Waals surface area contributed by atoms with E-state index in [0.29, 0.717) is 22.8 Å². The van der Waals surface area contributed by atoms with Crippen LogP contribution in [0.2, 0.25) is 5.02 Å². The molecule has 0 saturated carbocycles. The topological polar surface area (TPSA) is 57.8 Å². The molecule has 0 radical (unpaired) electrons. The molecule has 2 N–H and O–H groups in total. The van der Waals surface area contributed by atoms with Gasteiger partial charge in [-0.05, 0) is 18.2 Å². The molecule has 0 bridgehead atoms. The first-order valence-corrected chi connectivity index (χ1v) is 7.71. The zero-order valence-corrected chi connectivity index (χ0v) is 12.5. The van der Waals surface area contributed by atoms with Crippen LogP contribution in [-0.4, -0.2) is 9.97 Å². The van der Waals surface area contributed by atoms with Crippen molar-refractivity contribution in [3.8, 4) is 0 Å². The van der Waals surface area contributed by atoms with Crippen LogP contribution in [0.15, 0.2) is 23.0 Å². The minimum atomic E-state index is -4.55. The van der Waals surface area contributed by atoms with Crippen LogP contribution in [0.4, 0.5) is 24.8 Å². The summed E-state index contributed by atoms with van der Waals surface area (Å²) in [6.07, 6.45) is -4.55. The summed E-state index contributed by atoms with van der Waals surface area (Å²) < 4.78 is 38.5. The quantitative estimate of drug-likeness (QED) is 0.864. The Morgan fingerprint density at radius 1 is 1.32 bits per heavy atom. The first kappa shape index (κ1) is 15.2. The highest BCUT2D eigenvalue weighted by atomic mass is 35.5. The monoisotopic (exact) mass is 347 g/mol. The van der Waals surface area contributed by atoms with E-state index in [1.807, 2.05) is 0 Å². The molecule has 0 atom stereocenters. The largest absolute Gasteiger partial charge is 0.417 e. The molecular weight excluding hydrogens is 339 g/mol. The summed E-state index contributed by atoms with van der Waals surface area (Å²) in [5.74, 6) is 1.32. The van der Waals surface area contributed by atoms with Crippen LogP contribution in [0.25, 0.3) is 0 Å². The third kappa shape index (κ3) is 2.93. The fourth-order valence-corrected chi connectivity index (χ4v) is 3.34. The lowest BCUT2D eigenvalue weighted by molar-refractivity contribution is -0.137. The van der Waals surface area contributed by atoms with E-state index >= 15 is 0 Å². The highest BCUT2D eigenvalue weighted by Crippen LogP contribution is 2.36. The second-order valence-corrected chi connectivity index (χ2v) is 6.04. The van der Waals surface area contributed by atoms with Gasteiger partial charge < -0.3 is 5.32 Å². The molecule has 0 saturated heterocycles. The molecule has 22 heavy (non-hydrogen) atoms. The van der Waals surface area contributed by atoms with Gasteiger partial charge in [0.15, 0.2) is 0 Å². The smallest absolute Gasteiger partial charge is 0.326 e. The van der Waals surface area contributed by atoms with Crippen molar-refractivity contribution in [3.63, 3.8) is 0 Å². The molecule has 1 aliphatic rings. The van der Waals surface area contributed by atoms with Crippen LogP contribution >= 0.6 is 23.4 Å². The number of thioether (sulfide) groups is 1. The van der Waals surface area contributed by atoms with Crippen molar-refractivity contribution in [2.24, 2.45) is 0 Å². The average molecular weight is 348 g/mol. The number of aromatic amines is 1. The van der Waals surface area contributed by atoms with Crippen LogP contribution in [0.1, 0.15) is 16.8 Å². The third-order valence-corrected chi connectivity index (χ3v) is 4.42. The van der Waals surface area contributed by atoms with E-state index in [1.165, 1.54) is 6.07 Å². The van der Waals surface area contributed by atoms with Gasteiger partial charge in [0.05, 0.1) is 16.3 Å². The molecule has 3 rings (SSSR count). The number of benzene rings is 1. The molecule has 0 spiro atoms. The first-order chi connectivity index (χ1) is 10.3. The van der Waals surface area contributed by atoms with Crippen molar-refractivity contribution in [2.75, 3.05) is 5.32 Å². The van der Waals surface area contributed by atoms with Gasteiger partial charge in [-0.2, -0.15) is 24.9 Å². The number of H-pyrrole nitrogens is 1. The molecule has 0 fully saturated rings. The fourth-order valence-electron chi connectivity index (χ4n) is 2.08. The minimum Gasteiger partial charge on any atom is -0.326 e. The molecule has 2 aromatic rings. The van der Waals surface area contributed by atoms with E-state index in [0.717, 1.165) is 12.1 Å². The molecule has 1 aromatic carbocycles. The van der Waals surface area contributed by atoms with Gasteiger partial charge in [0, 0.05) is 22.8 Å². The normalized spacial score (nSPS) is 14.0. The third-order valence-electron chi connectivity index (χ3n) is 3.12. The van der Waals surface area contributed by atoms with E-state index < -0.39 is 11.7 Å². The van der Waals surface area contributed by atoms with Gasteiger partial charge in [0.1, 0.15) is 0 Å². The first-order valence-electron chi connectivity index (χ1n) is 6.18. The Morgan fingerprint density at radius 3 is 2.82 bits per heavy atom.